The minimum absolute atomic E-state index is 0.0650. The zero-order valence-electron chi connectivity index (χ0n) is 18.5. The number of Topliss-reactive ketones (excluding diaryl/α,β-unsaturated/α-hetero) is 1. The number of aliphatic hydroxyl groups is 1. The highest BCUT2D eigenvalue weighted by Gasteiger charge is 2.45. The van der Waals surface area contributed by atoms with Crippen LogP contribution in [0.3, 0.4) is 0 Å². The lowest BCUT2D eigenvalue weighted by molar-refractivity contribution is -0.140. The Kier molecular flexibility index (Phi) is 7.38. The third-order valence-corrected chi connectivity index (χ3v) is 5.57. The van der Waals surface area contributed by atoms with Crippen LogP contribution in [0.25, 0.3) is 5.76 Å². The lowest BCUT2D eigenvalue weighted by Crippen LogP contribution is -2.35. The van der Waals surface area contributed by atoms with E-state index in [1.54, 1.807) is 48.5 Å². The van der Waals surface area contributed by atoms with Crippen LogP contribution in [0.4, 0.5) is 0 Å². The number of amides is 1. The molecule has 1 aliphatic heterocycles. The molecule has 0 saturated carbocycles. The summed E-state index contributed by atoms with van der Waals surface area (Å²) < 4.78 is 5.60. The van der Waals surface area contributed by atoms with Gasteiger partial charge in [-0.1, -0.05) is 36.4 Å². The van der Waals surface area contributed by atoms with Gasteiger partial charge in [0.2, 0.25) is 0 Å². The normalized spacial score (nSPS) is 17.8. The van der Waals surface area contributed by atoms with Crippen LogP contribution in [-0.2, 0) is 9.59 Å². The highest BCUT2D eigenvalue weighted by atomic mass is 35.5. The number of carbonyl (C=O) groups excluding carboxylic acids is 2. The van der Waals surface area contributed by atoms with Crippen molar-refractivity contribution in [3.8, 4) is 5.75 Å². The summed E-state index contributed by atoms with van der Waals surface area (Å²) in [5.74, 6) is -0.891. The number of aryl methyl sites for hydroxylation is 1. The van der Waals surface area contributed by atoms with Gasteiger partial charge < -0.3 is 19.6 Å². The highest BCUT2D eigenvalue weighted by Crippen LogP contribution is 2.40. The summed E-state index contributed by atoms with van der Waals surface area (Å²) >= 11 is 6.04. The van der Waals surface area contributed by atoms with Gasteiger partial charge in [-0.05, 0) is 62.5 Å². The predicted molar refractivity (Wildman–Crippen MR) is 126 cm³/mol. The van der Waals surface area contributed by atoms with Gasteiger partial charge in [0.1, 0.15) is 18.1 Å². The number of carbonyl (C=O) groups is 2. The van der Waals surface area contributed by atoms with Crippen LogP contribution in [0.1, 0.15) is 22.7 Å². The quantitative estimate of drug-likeness (QED) is 0.280. The number of likely N-dealkylation sites (N-methyl/N-ethyl adjacent to an activating group) is 1. The van der Waals surface area contributed by atoms with Gasteiger partial charge in [-0.3, -0.25) is 9.59 Å². The van der Waals surface area contributed by atoms with Gasteiger partial charge in [0, 0.05) is 23.7 Å². The molecule has 1 saturated heterocycles. The van der Waals surface area contributed by atoms with Crippen molar-refractivity contribution >= 4 is 29.1 Å². The monoisotopic (exact) mass is 454 g/mol. The lowest BCUT2D eigenvalue weighted by atomic mass is 9.95. The molecule has 3 rings (SSSR count). The minimum Gasteiger partial charge on any atom is -0.507 e. The van der Waals surface area contributed by atoms with Crippen LogP contribution in [0.15, 0.2) is 60.7 Å². The van der Waals surface area contributed by atoms with Crippen molar-refractivity contribution < 1.29 is 19.4 Å². The number of halogens is 1. The first-order valence-electron chi connectivity index (χ1n) is 10.3. The van der Waals surface area contributed by atoms with Crippen LogP contribution >= 0.6 is 11.6 Å². The second kappa shape index (κ2) is 10.0. The molecule has 0 aromatic heterocycles. The van der Waals surface area contributed by atoms with E-state index in [1.807, 2.05) is 25.9 Å². The number of ketones is 1. The summed E-state index contributed by atoms with van der Waals surface area (Å²) in [6, 6.07) is 11.4. The van der Waals surface area contributed by atoms with Gasteiger partial charge in [0.25, 0.3) is 11.7 Å². The molecule has 0 spiro atoms. The number of benzene rings is 2. The highest BCUT2D eigenvalue weighted by molar-refractivity contribution is 6.46. The Morgan fingerprint density at radius 1 is 1.22 bits per heavy atom. The number of rotatable bonds is 8. The van der Waals surface area contributed by atoms with Crippen LogP contribution in [0.5, 0.6) is 5.75 Å². The first-order valence-corrected chi connectivity index (χ1v) is 10.7. The number of nitrogens with zero attached hydrogens (tertiary/aromatic N) is 2. The minimum atomic E-state index is -0.704. The molecular formula is C25H27ClN2O4. The van der Waals surface area contributed by atoms with Gasteiger partial charge >= 0.3 is 0 Å². The standard InChI is InChI=1S/C25H27ClN2O4/c1-5-14-32-20-11-8-18(15-16(20)2)23(29)21-22(17-6-9-19(26)10-7-17)28(13-12-27(3)4)25(31)24(21)30/h5-11,15,22,29H,1,12-14H2,2-4H3/b23-21+. The van der Waals surface area contributed by atoms with E-state index >= 15 is 0 Å². The molecule has 2 aromatic rings. The van der Waals surface area contributed by atoms with E-state index in [-0.39, 0.29) is 11.3 Å². The van der Waals surface area contributed by atoms with E-state index in [0.29, 0.717) is 41.6 Å². The Hall–Kier alpha value is -3.09. The number of hydrogen-bond acceptors (Lipinski definition) is 5. The van der Waals surface area contributed by atoms with E-state index in [4.69, 9.17) is 16.3 Å². The van der Waals surface area contributed by atoms with E-state index in [2.05, 4.69) is 6.58 Å². The predicted octanol–water partition coefficient (Wildman–Crippen LogP) is 4.20. The molecular weight excluding hydrogens is 428 g/mol. The Labute approximate surface area is 193 Å². The zero-order valence-corrected chi connectivity index (χ0v) is 19.2. The molecule has 1 unspecified atom stereocenters. The second-order valence-electron chi connectivity index (χ2n) is 7.93. The Bertz CT molecular complexity index is 1060. The van der Waals surface area contributed by atoms with E-state index in [1.165, 1.54) is 4.90 Å². The lowest BCUT2D eigenvalue weighted by Gasteiger charge is -2.26. The average molecular weight is 455 g/mol. The Morgan fingerprint density at radius 3 is 2.50 bits per heavy atom. The number of hydrogen-bond donors (Lipinski definition) is 1. The summed E-state index contributed by atoms with van der Waals surface area (Å²) in [5.41, 5.74) is 2.01. The Morgan fingerprint density at radius 2 is 1.91 bits per heavy atom. The van der Waals surface area contributed by atoms with Crippen LogP contribution in [0, 0.1) is 6.92 Å². The summed E-state index contributed by atoms with van der Waals surface area (Å²) in [6.45, 7) is 6.76. The fourth-order valence-corrected chi connectivity index (χ4v) is 3.80. The van der Waals surface area contributed by atoms with E-state index < -0.39 is 17.7 Å². The smallest absolute Gasteiger partial charge is 0.295 e. The fourth-order valence-electron chi connectivity index (χ4n) is 3.67. The summed E-state index contributed by atoms with van der Waals surface area (Å²) in [4.78, 5) is 29.4. The van der Waals surface area contributed by atoms with Crippen LogP contribution < -0.4 is 4.74 Å². The summed E-state index contributed by atoms with van der Waals surface area (Å²) in [6.07, 6.45) is 1.65. The topological polar surface area (TPSA) is 70.1 Å². The molecule has 1 heterocycles. The van der Waals surface area contributed by atoms with Gasteiger partial charge in [-0.25, -0.2) is 0 Å². The second-order valence-corrected chi connectivity index (χ2v) is 8.36. The van der Waals surface area contributed by atoms with Gasteiger partial charge in [0.05, 0.1) is 11.6 Å². The van der Waals surface area contributed by atoms with E-state index in [0.717, 1.165) is 5.56 Å². The van der Waals surface area contributed by atoms with Crippen LogP contribution in [-0.4, -0.2) is 60.4 Å². The molecule has 32 heavy (non-hydrogen) atoms. The number of likely N-dealkylation sites (tertiary alicyclic amines) is 1. The van der Waals surface area contributed by atoms with Crippen molar-refractivity contribution in [2.45, 2.75) is 13.0 Å². The molecule has 1 aliphatic rings. The fraction of sp³-hybridized carbons (Fsp3) is 0.280. The maximum atomic E-state index is 13.0. The molecule has 0 aliphatic carbocycles. The number of ether oxygens (including phenoxy) is 1. The molecule has 1 N–H and O–H groups in total. The van der Waals surface area contributed by atoms with Gasteiger partial charge in [0.15, 0.2) is 0 Å². The summed E-state index contributed by atoms with van der Waals surface area (Å²) in [7, 11) is 3.79. The third-order valence-electron chi connectivity index (χ3n) is 5.32. The number of aliphatic hydroxyl groups excluding tert-OH is 1. The van der Waals surface area contributed by atoms with E-state index in [9.17, 15) is 14.7 Å². The van der Waals surface area contributed by atoms with Crippen molar-refractivity contribution in [3.63, 3.8) is 0 Å². The Balaban J connectivity index is 2.09. The molecule has 1 atom stereocenters. The van der Waals surface area contributed by atoms with Gasteiger partial charge in [-0.15, -0.1) is 0 Å². The summed E-state index contributed by atoms with van der Waals surface area (Å²) in [5, 5.41) is 11.7. The SMILES string of the molecule is C=CCOc1ccc(/C(O)=C2\C(=O)C(=O)N(CCN(C)C)C2c2ccc(Cl)cc2)cc1C. The van der Waals surface area contributed by atoms with Gasteiger partial charge in [-0.2, -0.15) is 0 Å². The molecule has 1 amide bonds. The van der Waals surface area contributed by atoms with Crippen molar-refractivity contribution in [1.29, 1.82) is 0 Å². The first kappa shape index (κ1) is 23.6. The van der Waals surface area contributed by atoms with Crippen molar-refractivity contribution in [2.75, 3.05) is 33.8 Å². The maximum absolute atomic E-state index is 13.0. The molecule has 6 nitrogen and oxygen atoms in total. The molecule has 2 aromatic carbocycles. The van der Waals surface area contributed by atoms with Crippen LogP contribution in [0.2, 0.25) is 5.02 Å². The average Bonchev–Trinajstić information content (AvgIpc) is 3.01. The molecule has 0 radical (unpaired) electrons. The molecule has 7 heteroatoms. The van der Waals surface area contributed by atoms with Crippen molar-refractivity contribution in [2.24, 2.45) is 0 Å². The third kappa shape index (κ3) is 4.87. The first-order chi connectivity index (χ1) is 15.2. The maximum Gasteiger partial charge on any atom is 0.295 e. The van der Waals surface area contributed by atoms with Crippen molar-refractivity contribution in [3.05, 3.63) is 82.4 Å². The van der Waals surface area contributed by atoms with Crippen molar-refractivity contribution in [1.82, 2.24) is 9.80 Å². The molecule has 168 valence electrons. The largest absolute Gasteiger partial charge is 0.507 e. The molecule has 0 bridgehead atoms. The zero-order chi connectivity index (χ0) is 23.4. The molecule has 1 fully saturated rings.